The molecule has 2 amide bonds. The second-order valence-electron chi connectivity index (χ2n) is 10.2. The number of pyridine rings is 2. The van der Waals surface area contributed by atoms with Crippen molar-refractivity contribution in [2.75, 3.05) is 17.7 Å². The molecule has 1 aliphatic carbocycles. The van der Waals surface area contributed by atoms with Crippen molar-refractivity contribution in [2.45, 2.75) is 58.2 Å². The minimum absolute atomic E-state index is 0.00742. The summed E-state index contributed by atoms with van der Waals surface area (Å²) in [5, 5.41) is 17.1. The van der Waals surface area contributed by atoms with E-state index in [0.717, 1.165) is 18.9 Å². The fourth-order valence-corrected chi connectivity index (χ4v) is 4.02. The van der Waals surface area contributed by atoms with E-state index in [-0.39, 0.29) is 35.0 Å². The highest BCUT2D eigenvalue weighted by Crippen LogP contribution is 2.35. The molecule has 5 N–H and O–H groups in total. The molecular formula is C25H32FN9O4. The zero-order valence-electron chi connectivity index (χ0n) is 22.4. The van der Waals surface area contributed by atoms with E-state index in [2.05, 4.69) is 36.1 Å². The van der Waals surface area contributed by atoms with Gasteiger partial charge in [-0.05, 0) is 58.6 Å². The summed E-state index contributed by atoms with van der Waals surface area (Å²) in [6.45, 7) is 7.15. The predicted molar refractivity (Wildman–Crippen MR) is 141 cm³/mol. The highest BCUT2D eigenvalue weighted by Gasteiger charge is 2.37. The standard InChI is InChI=1S/C25H32FN9O4/c1-13(19(14-6-7-14)33-24(37)39-25(2,3)4)31-22-17(26)11-16(20(27)36)21(34-22)32-15-10-18(23(38-5)28-12-15)35-29-8-9-30-35/h8-14,19H,6-7H2,1-5H3,(H2,27,36)(H,33,37)(H2,31,32,34)/t13-,19-/m1/s1. The Bertz CT molecular complexity index is 1340. The first-order valence-electron chi connectivity index (χ1n) is 12.4. The zero-order chi connectivity index (χ0) is 28.3. The van der Waals surface area contributed by atoms with E-state index in [9.17, 15) is 9.59 Å². The van der Waals surface area contributed by atoms with E-state index in [1.54, 1.807) is 26.8 Å². The van der Waals surface area contributed by atoms with Gasteiger partial charge in [0.15, 0.2) is 11.6 Å². The summed E-state index contributed by atoms with van der Waals surface area (Å²) in [4.78, 5) is 34.4. The zero-order valence-corrected chi connectivity index (χ0v) is 22.4. The second-order valence-corrected chi connectivity index (χ2v) is 10.2. The maximum absolute atomic E-state index is 15.1. The average molecular weight is 542 g/mol. The first kappa shape index (κ1) is 27.5. The largest absolute Gasteiger partial charge is 0.479 e. The summed E-state index contributed by atoms with van der Waals surface area (Å²) in [7, 11) is 1.46. The number of carbonyl (C=O) groups excluding carboxylic acids is 2. The first-order chi connectivity index (χ1) is 18.4. The third-order valence-electron chi connectivity index (χ3n) is 5.88. The fraction of sp³-hybridized carbons (Fsp3) is 0.440. The van der Waals surface area contributed by atoms with Crippen molar-refractivity contribution in [1.29, 1.82) is 0 Å². The summed E-state index contributed by atoms with van der Waals surface area (Å²) in [5.41, 5.74) is 5.51. The quantitative estimate of drug-likeness (QED) is 0.299. The molecular weight excluding hydrogens is 509 g/mol. The molecule has 1 saturated carbocycles. The maximum atomic E-state index is 15.1. The van der Waals surface area contributed by atoms with Crippen molar-refractivity contribution in [1.82, 2.24) is 30.3 Å². The molecule has 13 nitrogen and oxygen atoms in total. The normalized spacial score (nSPS) is 14.7. The van der Waals surface area contributed by atoms with Crippen molar-refractivity contribution in [3.8, 4) is 11.6 Å². The van der Waals surface area contributed by atoms with E-state index in [1.165, 1.54) is 30.5 Å². The van der Waals surface area contributed by atoms with E-state index in [1.807, 2.05) is 6.92 Å². The third kappa shape index (κ3) is 6.89. The number of halogens is 1. The van der Waals surface area contributed by atoms with Crippen molar-refractivity contribution in [2.24, 2.45) is 11.7 Å². The van der Waals surface area contributed by atoms with Gasteiger partial charge in [-0.1, -0.05) is 0 Å². The molecule has 3 aromatic heterocycles. The number of aromatic nitrogens is 5. The number of carbonyl (C=O) groups is 2. The van der Waals surface area contributed by atoms with Gasteiger partial charge in [0.1, 0.15) is 17.1 Å². The van der Waals surface area contributed by atoms with Crippen LogP contribution in [0.5, 0.6) is 5.88 Å². The van der Waals surface area contributed by atoms with Crippen LogP contribution < -0.4 is 26.4 Å². The maximum Gasteiger partial charge on any atom is 0.407 e. The number of nitrogens with one attached hydrogen (secondary N) is 3. The Balaban J connectivity index is 1.60. The molecule has 0 spiro atoms. The topological polar surface area (TPSA) is 171 Å². The number of ether oxygens (including phenoxy) is 2. The minimum atomic E-state index is -0.874. The van der Waals surface area contributed by atoms with Crippen LogP contribution in [0.15, 0.2) is 30.7 Å². The number of nitrogens with zero attached hydrogens (tertiary/aromatic N) is 5. The summed E-state index contributed by atoms with van der Waals surface area (Å²) >= 11 is 0. The van der Waals surface area contributed by atoms with Crippen LogP contribution in [0.4, 0.5) is 26.5 Å². The lowest BCUT2D eigenvalue weighted by molar-refractivity contribution is 0.0492. The Hall–Kier alpha value is -4.49. The van der Waals surface area contributed by atoms with Gasteiger partial charge < -0.3 is 31.2 Å². The van der Waals surface area contributed by atoms with Crippen LogP contribution in [0.3, 0.4) is 0 Å². The number of alkyl carbamates (subject to hydrolysis) is 1. The van der Waals surface area contributed by atoms with E-state index >= 15 is 4.39 Å². The monoisotopic (exact) mass is 541 g/mol. The Morgan fingerprint density at radius 3 is 2.46 bits per heavy atom. The van der Waals surface area contributed by atoms with Crippen LogP contribution in [-0.2, 0) is 4.74 Å². The number of rotatable bonds is 10. The molecule has 2 atom stereocenters. The van der Waals surface area contributed by atoms with Crippen LogP contribution >= 0.6 is 0 Å². The van der Waals surface area contributed by atoms with Crippen LogP contribution in [0.2, 0.25) is 0 Å². The highest BCUT2D eigenvalue weighted by molar-refractivity contribution is 5.98. The number of amides is 2. The Kier molecular flexibility index (Phi) is 7.83. The molecule has 4 rings (SSSR count). The number of anilines is 3. The van der Waals surface area contributed by atoms with Gasteiger partial charge in [-0.3, -0.25) is 4.79 Å². The number of primary amides is 1. The van der Waals surface area contributed by atoms with Gasteiger partial charge in [0.2, 0.25) is 5.88 Å². The van der Waals surface area contributed by atoms with Crippen molar-refractivity contribution in [3.63, 3.8) is 0 Å². The molecule has 3 heterocycles. The molecule has 0 bridgehead atoms. The van der Waals surface area contributed by atoms with Gasteiger partial charge in [0, 0.05) is 6.04 Å². The molecule has 39 heavy (non-hydrogen) atoms. The summed E-state index contributed by atoms with van der Waals surface area (Å²) in [6.07, 6.45) is 5.74. The fourth-order valence-electron chi connectivity index (χ4n) is 4.02. The molecule has 208 valence electrons. The number of methoxy groups -OCH3 is 1. The van der Waals surface area contributed by atoms with Crippen LogP contribution in [-0.4, -0.2) is 61.8 Å². The predicted octanol–water partition coefficient (Wildman–Crippen LogP) is 3.15. The number of hydrogen-bond acceptors (Lipinski definition) is 10. The second kappa shape index (κ2) is 11.1. The van der Waals surface area contributed by atoms with Gasteiger partial charge in [0.25, 0.3) is 5.91 Å². The van der Waals surface area contributed by atoms with Crippen molar-refractivity contribution in [3.05, 3.63) is 42.1 Å². The van der Waals surface area contributed by atoms with Gasteiger partial charge >= 0.3 is 6.09 Å². The van der Waals surface area contributed by atoms with Crippen molar-refractivity contribution < 1.29 is 23.5 Å². The molecule has 0 aliphatic heterocycles. The van der Waals surface area contributed by atoms with Gasteiger partial charge in [0.05, 0.1) is 43.0 Å². The Morgan fingerprint density at radius 2 is 1.87 bits per heavy atom. The number of hydrogen-bond donors (Lipinski definition) is 4. The molecule has 14 heteroatoms. The number of nitrogens with two attached hydrogens (primary N) is 1. The van der Waals surface area contributed by atoms with Crippen LogP contribution in [0, 0.1) is 11.7 Å². The molecule has 0 unspecified atom stereocenters. The molecule has 1 aliphatic rings. The Morgan fingerprint density at radius 1 is 1.18 bits per heavy atom. The van der Waals surface area contributed by atoms with E-state index in [0.29, 0.717) is 11.4 Å². The molecule has 3 aromatic rings. The highest BCUT2D eigenvalue weighted by atomic mass is 19.1. The SMILES string of the molecule is COc1ncc(Nc2nc(N[C@H](C)[C@@H](NC(=O)OC(C)(C)C)C3CC3)c(F)cc2C(N)=O)cc1-n1nccn1. The Labute approximate surface area is 224 Å². The van der Waals surface area contributed by atoms with Crippen molar-refractivity contribution >= 4 is 29.3 Å². The summed E-state index contributed by atoms with van der Waals surface area (Å²) < 4.78 is 25.8. The van der Waals surface area contributed by atoms with Gasteiger partial charge in [-0.2, -0.15) is 10.2 Å². The lowest BCUT2D eigenvalue weighted by Gasteiger charge is -2.28. The van der Waals surface area contributed by atoms with E-state index in [4.69, 9.17) is 15.2 Å². The average Bonchev–Trinajstić information content (AvgIpc) is 3.55. The summed E-state index contributed by atoms with van der Waals surface area (Å²) in [5.74, 6) is -1.29. The lowest BCUT2D eigenvalue weighted by Crippen LogP contribution is -2.48. The first-order valence-corrected chi connectivity index (χ1v) is 12.4. The van der Waals surface area contributed by atoms with Gasteiger partial charge in [-0.15, -0.1) is 4.80 Å². The van der Waals surface area contributed by atoms with Gasteiger partial charge in [-0.25, -0.2) is 19.2 Å². The third-order valence-corrected chi connectivity index (χ3v) is 5.88. The lowest BCUT2D eigenvalue weighted by atomic mass is 10.1. The van der Waals surface area contributed by atoms with E-state index < -0.39 is 29.5 Å². The van der Waals surface area contributed by atoms with Crippen LogP contribution in [0.25, 0.3) is 5.69 Å². The molecule has 0 saturated heterocycles. The molecule has 1 fully saturated rings. The smallest absolute Gasteiger partial charge is 0.407 e. The molecule has 0 radical (unpaired) electrons. The van der Waals surface area contributed by atoms with Crippen LogP contribution in [0.1, 0.15) is 50.9 Å². The minimum Gasteiger partial charge on any atom is -0.479 e. The summed E-state index contributed by atoms with van der Waals surface area (Å²) in [6, 6.07) is 1.89. The molecule has 0 aromatic carbocycles.